The lowest BCUT2D eigenvalue weighted by atomic mass is 10.1. The Bertz CT molecular complexity index is 551. The van der Waals surface area contributed by atoms with E-state index in [4.69, 9.17) is 5.26 Å². The van der Waals surface area contributed by atoms with Crippen LogP contribution in [0, 0.1) is 23.1 Å². The van der Waals surface area contributed by atoms with Crippen molar-refractivity contribution in [3.8, 4) is 6.07 Å². The Kier molecular flexibility index (Phi) is 3.24. The zero-order valence-corrected chi connectivity index (χ0v) is 9.37. The van der Waals surface area contributed by atoms with Gasteiger partial charge in [0.1, 0.15) is 11.9 Å². The second-order valence-corrected chi connectivity index (χ2v) is 4.00. The minimum atomic E-state index is -0.540. The van der Waals surface area contributed by atoms with E-state index in [0.29, 0.717) is 0 Å². The molecule has 0 radical (unpaired) electrons. The van der Waals surface area contributed by atoms with Gasteiger partial charge in [0.25, 0.3) is 0 Å². The maximum atomic E-state index is 12.9. The highest BCUT2D eigenvalue weighted by molar-refractivity contribution is 5.97. The van der Waals surface area contributed by atoms with Gasteiger partial charge in [-0.05, 0) is 18.2 Å². The average Bonchev–Trinajstić information content (AvgIpc) is 2.78. The molecule has 92 valence electrons. The summed E-state index contributed by atoms with van der Waals surface area (Å²) in [5, 5.41) is 13.9. The van der Waals surface area contributed by atoms with Crippen LogP contribution in [0.15, 0.2) is 18.2 Å². The van der Waals surface area contributed by atoms with Gasteiger partial charge in [0.2, 0.25) is 11.8 Å². The van der Waals surface area contributed by atoms with E-state index in [-0.39, 0.29) is 36.0 Å². The van der Waals surface area contributed by atoms with E-state index in [1.54, 1.807) is 6.07 Å². The summed E-state index contributed by atoms with van der Waals surface area (Å²) in [5.41, 5.74) is 0.309. The summed E-state index contributed by atoms with van der Waals surface area (Å²) >= 11 is 0. The third-order valence-electron chi connectivity index (χ3n) is 2.71. The minimum absolute atomic E-state index is 0.0561. The lowest BCUT2D eigenvalue weighted by Crippen LogP contribution is -2.25. The van der Waals surface area contributed by atoms with Crippen LogP contribution in [0.3, 0.4) is 0 Å². The maximum absolute atomic E-state index is 12.9. The SMILES string of the molecule is N#Cc1cc(F)ccc1NC(=O)C1CNC(=O)C1. The second-order valence-electron chi connectivity index (χ2n) is 4.00. The van der Waals surface area contributed by atoms with Gasteiger partial charge in [-0.3, -0.25) is 9.59 Å². The number of hydrogen-bond acceptors (Lipinski definition) is 3. The third-order valence-corrected chi connectivity index (χ3v) is 2.71. The second kappa shape index (κ2) is 4.84. The van der Waals surface area contributed by atoms with Crippen molar-refractivity contribution < 1.29 is 14.0 Å². The lowest BCUT2D eigenvalue weighted by molar-refractivity contribution is -0.123. The molecule has 6 heteroatoms. The van der Waals surface area contributed by atoms with E-state index in [1.807, 2.05) is 0 Å². The van der Waals surface area contributed by atoms with Gasteiger partial charge in [-0.1, -0.05) is 0 Å². The summed E-state index contributed by atoms with van der Waals surface area (Å²) < 4.78 is 12.9. The molecule has 18 heavy (non-hydrogen) atoms. The number of amides is 2. The minimum Gasteiger partial charge on any atom is -0.355 e. The number of hydrogen-bond donors (Lipinski definition) is 2. The number of nitrogens with one attached hydrogen (secondary N) is 2. The molecule has 5 nitrogen and oxygen atoms in total. The lowest BCUT2D eigenvalue weighted by Gasteiger charge is -2.10. The molecule has 2 rings (SSSR count). The average molecular weight is 247 g/mol. The molecule has 0 saturated carbocycles. The fraction of sp³-hybridized carbons (Fsp3) is 0.250. The van der Waals surface area contributed by atoms with Gasteiger partial charge in [-0.25, -0.2) is 4.39 Å². The Balaban J connectivity index is 2.12. The Morgan fingerprint density at radius 3 is 2.94 bits per heavy atom. The molecule has 1 heterocycles. The molecule has 1 fully saturated rings. The largest absolute Gasteiger partial charge is 0.355 e. The van der Waals surface area contributed by atoms with Gasteiger partial charge >= 0.3 is 0 Å². The zero-order chi connectivity index (χ0) is 13.1. The molecular formula is C12H10FN3O2. The molecule has 0 aromatic heterocycles. The third kappa shape index (κ3) is 2.46. The van der Waals surface area contributed by atoms with Crippen molar-refractivity contribution in [2.75, 3.05) is 11.9 Å². The molecule has 2 amide bonds. The van der Waals surface area contributed by atoms with Crippen molar-refractivity contribution in [2.24, 2.45) is 5.92 Å². The fourth-order valence-electron chi connectivity index (χ4n) is 1.74. The van der Waals surface area contributed by atoms with Crippen LogP contribution in [0.25, 0.3) is 0 Å². The van der Waals surface area contributed by atoms with E-state index < -0.39 is 11.7 Å². The number of rotatable bonds is 2. The molecular weight excluding hydrogens is 237 g/mol. The van der Waals surface area contributed by atoms with Gasteiger partial charge in [0.05, 0.1) is 17.2 Å². The Morgan fingerprint density at radius 2 is 2.33 bits per heavy atom. The molecule has 1 atom stereocenters. The highest BCUT2D eigenvalue weighted by Crippen LogP contribution is 2.18. The standard InChI is InChI=1S/C12H10FN3O2/c13-9-1-2-10(7(3-9)5-14)16-12(18)8-4-11(17)15-6-8/h1-3,8H,4,6H2,(H,15,17)(H,16,18). The summed E-state index contributed by atoms with van der Waals surface area (Å²) in [7, 11) is 0. The van der Waals surface area contributed by atoms with Crippen LogP contribution in [0.5, 0.6) is 0 Å². The first-order valence-electron chi connectivity index (χ1n) is 5.37. The van der Waals surface area contributed by atoms with Gasteiger partial charge in [-0.15, -0.1) is 0 Å². The number of anilines is 1. The summed E-state index contributed by atoms with van der Waals surface area (Å²) in [6.07, 6.45) is 0.134. The van der Waals surface area contributed by atoms with E-state index in [9.17, 15) is 14.0 Å². The van der Waals surface area contributed by atoms with Crippen LogP contribution >= 0.6 is 0 Å². The molecule has 1 saturated heterocycles. The molecule has 1 aliphatic rings. The number of carbonyl (C=O) groups is 2. The van der Waals surface area contributed by atoms with Gasteiger partial charge in [-0.2, -0.15) is 5.26 Å². The van der Waals surface area contributed by atoms with Crippen LogP contribution in [0.4, 0.5) is 10.1 Å². The molecule has 1 aliphatic heterocycles. The van der Waals surface area contributed by atoms with Crippen molar-refractivity contribution in [2.45, 2.75) is 6.42 Å². The predicted molar refractivity (Wildman–Crippen MR) is 60.9 cm³/mol. The van der Waals surface area contributed by atoms with Gasteiger partial charge in [0, 0.05) is 13.0 Å². The van der Waals surface area contributed by atoms with Crippen molar-refractivity contribution in [3.63, 3.8) is 0 Å². The van der Waals surface area contributed by atoms with Crippen LogP contribution in [-0.4, -0.2) is 18.4 Å². The van der Waals surface area contributed by atoms with Crippen molar-refractivity contribution in [1.82, 2.24) is 5.32 Å². The van der Waals surface area contributed by atoms with Crippen LogP contribution in [0.1, 0.15) is 12.0 Å². The Labute approximate surface area is 103 Å². The molecule has 1 aromatic carbocycles. The quantitative estimate of drug-likeness (QED) is 0.809. The fourth-order valence-corrected chi connectivity index (χ4v) is 1.74. The van der Waals surface area contributed by atoms with E-state index in [0.717, 1.165) is 12.1 Å². The first-order chi connectivity index (χ1) is 8.60. The normalized spacial score (nSPS) is 18.0. The molecule has 1 unspecified atom stereocenters. The van der Waals surface area contributed by atoms with Crippen molar-refractivity contribution in [3.05, 3.63) is 29.6 Å². The zero-order valence-electron chi connectivity index (χ0n) is 9.37. The highest BCUT2D eigenvalue weighted by atomic mass is 19.1. The van der Waals surface area contributed by atoms with E-state index in [2.05, 4.69) is 10.6 Å². The van der Waals surface area contributed by atoms with Gasteiger partial charge in [0.15, 0.2) is 0 Å². The highest BCUT2D eigenvalue weighted by Gasteiger charge is 2.28. The summed E-state index contributed by atoms with van der Waals surface area (Å²) in [6.45, 7) is 0.285. The number of benzene rings is 1. The number of halogens is 1. The molecule has 2 N–H and O–H groups in total. The maximum Gasteiger partial charge on any atom is 0.229 e. The summed E-state index contributed by atoms with van der Waals surface area (Å²) in [5.74, 6) is -1.51. The van der Waals surface area contributed by atoms with E-state index >= 15 is 0 Å². The topological polar surface area (TPSA) is 82.0 Å². The predicted octanol–water partition coefficient (Wildman–Crippen LogP) is 0.772. The molecule has 0 bridgehead atoms. The van der Waals surface area contributed by atoms with E-state index in [1.165, 1.54) is 6.07 Å². The summed E-state index contributed by atoms with van der Waals surface area (Å²) in [6, 6.07) is 5.34. The Morgan fingerprint density at radius 1 is 1.56 bits per heavy atom. The number of nitriles is 1. The monoisotopic (exact) mass is 247 g/mol. The van der Waals surface area contributed by atoms with Crippen LogP contribution < -0.4 is 10.6 Å². The first-order valence-corrected chi connectivity index (χ1v) is 5.37. The van der Waals surface area contributed by atoms with Crippen LogP contribution in [-0.2, 0) is 9.59 Å². The molecule has 0 aliphatic carbocycles. The smallest absolute Gasteiger partial charge is 0.229 e. The Hall–Kier alpha value is -2.42. The molecule has 0 spiro atoms. The van der Waals surface area contributed by atoms with Crippen molar-refractivity contribution in [1.29, 1.82) is 5.26 Å². The summed E-state index contributed by atoms with van der Waals surface area (Å²) in [4.78, 5) is 22.8. The van der Waals surface area contributed by atoms with Crippen LogP contribution in [0.2, 0.25) is 0 Å². The first kappa shape index (κ1) is 12.0. The van der Waals surface area contributed by atoms with Crippen molar-refractivity contribution >= 4 is 17.5 Å². The van der Waals surface area contributed by atoms with Gasteiger partial charge < -0.3 is 10.6 Å². The number of nitrogens with zero attached hydrogens (tertiary/aromatic N) is 1. The number of carbonyl (C=O) groups excluding carboxylic acids is 2. The molecule has 1 aromatic rings.